The van der Waals surface area contributed by atoms with Crippen LogP contribution in [0.15, 0.2) is 29.2 Å². The Hall–Kier alpha value is -0.720. The van der Waals surface area contributed by atoms with Crippen LogP contribution >= 0.6 is 11.8 Å². The average molecular weight is 300 g/mol. The molecule has 1 aliphatic rings. The van der Waals surface area contributed by atoms with Crippen LogP contribution in [0.25, 0.3) is 0 Å². The third kappa shape index (κ3) is 4.71. The highest BCUT2D eigenvalue weighted by molar-refractivity contribution is 8.00. The molecule has 1 saturated carbocycles. The van der Waals surface area contributed by atoms with E-state index in [1.54, 1.807) is 18.8 Å². The van der Waals surface area contributed by atoms with Gasteiger partial charge in [-0.25, -0.2) is 12.7 Å². The summed E-state index contributed by atoms with van der Waals surface area (Å²) >= 11 is 1.55. The maximum absolute atomic E-state index is 12.0. The zero-order chi connectivity index (χ0) is 13.9. The van der Waals surface area contributed by atoms with Crippen LogP contribution < -0.4 is 5.73 Å². The summed E-state index contributed by atoms with van der Waals surface area (Å²) in [5.74, 6) is 1.34. The van der Waals surface area contributed by atoms with Crippen LogP contribution in [0.3, 0.4) is 0 Å². The summed E-state index contributed by atoms with van der Waals surface area (Å²) in [5.41, 5.74) is 6.33. The Morgan fingerprint density at radius 1 is 1.32 bits per heavy atom. The first-order valence-corrected chi connectivity index (χ1v) is 8.99. The molecule has 4 nitrogen and oxygen atoms in total. The largest absolute Gasteiger partial charge is 0.399 e. The van der Waals surface area contributed by atoms with Gasteiger partial charge in [-0.3, -0.25) is 0 Å². The van der Waals surface area contributed by atoms with Gasteiger partial charge in [-0.1, -0.05) is 0 Å². The van der Waals surface area contributed by atoms with Gasteiger partial charge in [-0.15, -0.1) is 11.8 Å². The van der Waals surface area contributed by atoms with E-state index in [4.69, 9.17) is 5.73 Å². The van der Waals surface area contributed by atoms with Crippen molar-refractivity contribution < 1.29 is 8.42 Å². The van der Waals surface area contributed by atoms with E-state index in [0.717, 1.165) is 10.6 Å². The maximum Gasteiger partial charge on any atom is 0.214 e. The fraction of sp³-hybridized carbons (Fsp3) is 0.538. The van der Waals surface area contributed by atoms with E-state index in [1.165, 1.54) is 17.1 Å². The number of hydrogen-bond donors (Lipinski definition) is 1. The Morgan fingerprint density at radius 2 is 1.95 bits per heavy atom. The van der Waals surface area contributed by atoms with Gasteiger partial charge in [0.2, 0.25) is 10.0 Å². The van der Waals surface area contributed by atoms with Crippen LogP contribution in [-0.4, -0.2) is 37.8 Å². The number of hydrogen-bond acceptors (Lipinski definition) is 4. The molecule has 1 aromatic carbocycles. The molecule has 19 heavy (non-hydrogen) atoms. The van der Waals surface area contributed by atoms with Gasteiger partial charge in [0.1, 0.15) is 0 Å². The number of nitrogen functional groups attached to an aromatic ring is 1. The Kier molecular flexibility index (Phi) is 4.76. The number of sulfonamides is 1. The van der Waals surface area contributed by atoms with E-state index in [2.05, 4.69) is 0 Å². The first-order chi connectivity index (χ1) is 8.97. The maximum atomic E-state index is 12.0. The molecular formula is C13H20N2O2S2. The minimum absolute atomic E-state index is 0.186. The van der Waals surface area contributed by atoms with Crippen molar-refractivity contribution >= 4 is 27.5 Å². The van der Waals surface area contributed by atoms with Gasteiger partial charge in [0.25, 0.3) is 0 Å². The fourth-order valence-corrected chi connectivity index (χ4v) is 4.25. The lowest BCUT2D eigenvalue weighted by atomic mass is 10.3. The lowest BCUT2D eigenvalue weighted by Gasteiger charge is -2.16. The highest BCUT2D eigenvalue weighted by Crippen LogP contribution is 2.30. The second kappa shape index (κ2) is 6.15. The molecule has 106 valence electrons. The molecule has 0 bridgehead atoms. The van der Waals surface area contributed by atoms with Crippen molar-refractivity contribution in [1.82, 2.24) is 4.31 Å². The molecule has 0 spiro atoms. The summed E-state index contributed by atoms with van der Waals surface area (Å²) in [5, 5.41) is 0. The Morgan fingerprint density at radius 3 is 2.53 bits per heavy atom. The van der Waals surface area contributed by atoms with Crippen molar-refractivity contribution in [3.8, 4) is 0 Å². The van der Waals surface area contributed by atoms with Crippen molar-refractivity contribution in [2.75, 3.05) is 30.8 Å². The quantitative estimate of drug-likeness (QED) is 0.618. The summed E-state index contributed by atoms with van der Waals surface area (Å²) in [4.78, 5) is 1.05. The molecular weight excluding hydrogens is 280 g/mol. The van der Waals surface area contributed by atoms with Crippen LogP contribution in [0.2, 0.25) is 0 Å². The van der Waals surface area contributed by atoms with E-state index >= 15 is 0 Å². The van der Waals surface area contributed by atoms with Crippen molar-refractivity contribution in [3.63, 3.8) is 0 Å². The summed E-state index contributed by atoms with van der Waals surface area (Å²) in [7, 11) is -1.42. The molecule has 2 rings (SSSR count). The Labute approximate surface area is 119 Å². The fourth-order valence-electron chi connectivity index (χ4n) is 1.76. The molecule has 1 aliphatic carbocycles. The highest BCUT2D eigenvalue weighted by atomic mass is 32.2. The van der Waals surface area contributed by atoms with Gasteiger partial charge in [0.05, 0.1) is 5.75 Å². The summed E-state index contributed by atoms with van der Waals surface area (Å²) in [6.07, 6.45) is 2.33. The van der Waals surface area contributed by atoms with Crippen LogP contribution in [0.5, 0.6) is 0 Å². The lowest BCUT2D eigenvalue weighted by molar-refractivity contribution is 0.454. The Balaban J connectivity index is 1.78. The van der Waals surface area contributed by atoms with Crippen LogP contribution in [0.4, 0.5) is 5.69 Å². The summed E-state index contributed by atoms with van der Waals surface area (Å²) in [6.45, 7) is 0.675. The molecule has 0 unspecified atom stereocenters. The van der Waals surface area contributed by atoms with Crippen molar-refractivity contribution in [1.29, 1.82) is 0 Å². The van der Waals surface area contributed by atoms with Gasteiger partial charge in [0.15, 0.2) is 0 Å². The van der Waals surface area contributed by atoms with Gasteiger partial charge in [-0.05, 0) is 43.0 Å². The number of thioether (sulfide) groups is 1. The van der Waals surface area contributed by atoms with Gasteiger partial charge >= 0.3 is 0 Å². The molecule has 6 heteroatoms. The molecule has 1 fully saturated rings. The van der Waals surface area contributed by atoms with E-state index in [1.807, 2.05) is 24.3 Å². The normalized spacial score (nSPS) is 15.9. The predicted molar refractivity (Wildman–Crippen MR) is 80.7 cm³/mol. The van der Waals surface area contributed by atoms with Crippen LogP contribution in [-0.2, 0) is 10.0 Å². The smallest absolute Gasteiger partial charge is 0.214 e. The highest BCUT2D eigenvalue weighted by Gasteiger charge is 2.27. The SMILES string of the molecule is CN(CC1CC1)S(=O)(=O)CCSc1ccc(N)cc1. The summed E-state index contributed by atoms with van der Waals surface area (Å²) < 4.78 is 25.6. The molecule has 1 aromatic rings. The molecule has 0 radical (unpaired) electrons. The predicted octanol–water partition coefficient (Wildman–Crippen LogP) is 2.03. The average Bonchev–Trinajstić information content (AvgIpc) is 3.15. The van der Waals surface area contributed by atoms with E-state index < -0.39 is 10.0 Å². The molecule has 0 aliphatic heterocycles. The molecule has 0 amide bonds. The number of nitrogens with two attached hydrogens (primary N) is 1. The number of anilines is 1. The minimum atomic E-state index is -3.11. The zero-order valence-electron chi connectivity index (χ0n) is 11.1. The number of rotatable bonds is 7. The van der Waals surface area contributed by atoms with Gasteiger partial charge < -0.3 is 5.73 Å². The minimum Gasteiger partial charge on any atom is -0.399 e. The molecule has 0 heterocycles. The first kappa shape index (κ1) is 14.7. The lowest BCUT2D eigenvalue weighted by Crippen LogP contribution is -2.31. The Bertz CT molecular complexity index is 510. The van der Waals surface area contributed by atoms with Crippen LogP contribution in [0, 0.1) is 5.92 Å². The van der Waals surface area contributed by atoms with Gasteiger partial charge in [0, 0.05) is 29.9 Å². The van der Waals surface area contributed by atoms with Gasteiger partial charge in [-0.2, -0.15) is 0 Å². The van der Waals surface area contributed by atoms with E-state index in [0.29, 0.717) is 18.2 Å². The zero-order valence-corrected chi connectivity index (χ0v) is 12.7. The third-order valence-electron chi connectivity index (χ3n) is 3.18. The van der Waals surface area contributed by atoms with Crippen molar-refractivity contribution in [3.05, 3.63) is 24.3 Å². The molecule has 0 saturated heterocycles. The number of benzene rings is 1. The molecule has 0 atom stereocenters. The standard InChI is InChI=1S/C13H20N2O2S2/c1-15(10-11-2-3-11)19(16,17)9-8-18-13-6-4-12(14)5-7-13/h4-7,11H,2-3,8-10,14H2,1H3. The van der Waals surface area contributed by atoms with E-state index in [9.17, 15) is 8.42 Å². The van der Waals surface area contributed by atoms with Crippen molar-refractivity contribution in [2.45, 2.75) is 17.7 Å². The molecule has 0 aromatic heterocycles. The van der Waals surface area contributed by atoms with E-state index in [-0.39, 0.29) is 5.75 Å². The second-order valence-electron chi connectivity index (χ2n) is 4.96. The monoisotopic (exact) mass is 300 g/mol. The van der Waals surface area contributed by atoms with Crippen LogP contribution in [0.1, 0.15) is 12.8 Å². The second-order valence-corrected chi connectivity index (χ2v) is 8.32. The summed E-state index contributed by atoms with van der Waals surface area (Å²) in [6, 6.07) is 7.49. The third-order valence-corrected chi connectivity index (χ3v) is 6.27. The topological polar surface area (TPSA) is 63.4 Å². The molecule has 2 N–H and O–H groups in total. The van der Waals surface area contributed by atoms with Crippen molar-refractivity contribution in [2.24, 2.45) is 5.92 Å². The first-order valence-electron chi connectivity index (χ1n) is 6.40. The number of nitrogens with zero attached hydrogens (tertiary/aromatic N) is 1.